The van der Waals surface area contributed by atoms with Gasteiger partial charge in [0.2, 0.25) is 0 Å². The van der Waals surface area contributed by atoms with Crippen LogP contribution in [0, 0.1) is 0 Å². The lowest BCUT2D eigenvalue weighted by molar-refractivity contribution is 0.0483. The summed E-state index contributed by atoms with van der Waals surface area (Å²) in [5.41, 5.74) is -0.00772. The molecule has 0 aliphatic carbocycles. The van der Waals surface area contributed by atoms with E-state index in [0.717, 1.165) is 11.8 Å². The molecule has 10 nitrogen and oxygen atoms in total. The maximum atomic E-state index is 12.0. The van der Waals surface area contributed by atoms with Crippen LogP contribution in [0.1, 0.15) is 24.3 Å². The van der Waals surface area contributed by atoms with E-state index in [9.17, 15) is 9.59 Å². The highest BCUT2D eigenvalue weighted by Gasteiger charge is 2.20. The molecule has 0 radical (unpaired) electrons. The second-order valence-electron chi connectivity index (χ2n) is 4.33. The zero-order chi connectivity index (χ0) is 18.7. The highest BCUT2D eigenvalue weighted by Crippen LogP contribution is 2.21. The number of amidine groups is 1. The predicted octanol–water partition coefficient (Wildman–Crippen LogP) is 1.12. The number of nitrogens with zero attached hydrogens (tertiary/aromatic N) is 3. The molecule has 0 aliphatic heterocycles. The van der Waals surface area contributed by atoms with Gasteiger partial charge in [0.15, 0.2) is 16.7 Å². The Morgan fingerprint density at radius 1 is 1.36 bits per heavy atom. The first-order chi connectivity index (χ1) is 12.1. The van der Waals surface area contributed by atoms with Crippen LogP contribution >= 0.6 is 11.8 Å². The molecule has 0 saturated carbocycles. The second kappa shape index (κ2) is 11.4. The van der Waals surface area contributed by atoms with Crippen molar-refractivity contribution in [1.29, 1.82) is 0 Å². The van der Waals surface area contributed by atoms with Crippen LogP contribution in [0.3, 0.4) is 0 Å². The van der Waals surface area contributed by atoms with Gasteiger partial charge in [-0.05, 0) is 20.1 Å². The molecule has 2 N–H and O–H groups in total. The molecule has 0 saturated heterocycles. The third kappa shape index (κ3) is 6.72. The van der Waals surface area contributed by atoms with Crippen LogP contribution in [0.5, 0.6) is 0 Å². The monoisotopic (exact) mass is 374 g/mol. The average molecular weight is 374 g/mol. The number of aliphatic hydroxyl groups is 1. The zero-order valence-electron chi connectivity index (χ0n) is 14.4. The van der Waals surface area contributed by atoms with Crippen molar-refractivity contribution in [3.63, 3.8) is 0 Å². The number of nitrogens with one attached hydrogen (secondary N) is 1. The van der Waals surface area contributed by atoms with E-state index in [-0.39, 0.29) is 49.8 Å². The summed E-state index contributed by atoms with van der Waals surface area (Å²) in [5, 5.41) is 11.5. The third-order valence-electron chi connectivity index (χ3n) is 2.63. The topological polar surface area (TPSA) is 124 Å². The molecule has 0 aromatic carbocycles. The van der Waals surface area contributed by atoms with Gasteiger partial charge in [0.1, 0.15) is 6.73 Å². The molecule has 0 aliphatic rings. The number of esters is 1. The molecule has 1 amide bonds. The van der Waals surface area contributed by atoms with E-state index in [0.29, 0.717) is 0 Å². The van der Waals surface area contributed by atoms with E-state index < -0.39 is 12.1 Å². The van der Waals surface area contributed by atoms with E-state index in [1.165, 1.54) is 10.9 Å². The first kappa shape index (κ1) is 20.9. The Bertz CT molecular complexity index is 604. The van der Waals surface area contributed by atoms with E-state index in [1.807, 2.05) is 0 Å². The zero-order valence-corrected chi connectivity index (χ0v) is 15.2. The molecule has 25 heavy (non-hydrogen) atoms. The van der Waals surface area contributed by atoms with Crippen molar-refractivity contribution in [3.05, 3.63) is 12.0 Å². The van der Waals surface area contributed by atoms with E-state index >= 15 is 0 Å². The smallest absolute Gasteiger partial charge is 0.413 e. The number of carbonyl (C=O) groups is 2. The van der Waals surface area contributed by atoms with Crippen molar-refractivity contribution in [1.82, 2.24) is 14.9 Å². The quantitative estimate of drug-likeness (QED) is 0.300. The predicted molar refractivity (Wildman–Crippen MR) is 92.0 cm³/mol. The maximum absolute atomic E-state index is 12.0. The number of carbonyl (C=O) groups excluding carboxylic acids is 2. The van der Waals surface area contributed by atoms with Gasteiger partial charge in [-0.1, -0.05) is 11.8 Å². The van der Waals surface area contributed by atoms with Crippen molar-refractivity contribution in [2.75, 3.05) is 32.7 Å². The van der Waals surface area contributed by atoms with Crippen molar-refractivity contribution in [2.45, 2.75) is 20.6 Å². The molecule has 0 spiro atoms. The number of aliphatic hydroxyl groups excluding tert-OH is 1. The van der Waals surface area contributed by atoms with Crippen LogP contribution in [0.25, 0.3) is 0 Å². The Hall–Kier alpha value is -2.11. The van der Waals surface area contributed by atoms with Gasteiger partial charge in [-0.2, -0.15) is 0 Å². The number of hydrogen-bond donors (Lipinski definition) is 2. The minimum atomic E-state index is -0.657. The molecule has 0 bridgehead atoms. The van der Waals surface area contributed by atoms with Gasteiger partial charge >= 0.3 is 12.1 Å². The summed E-state index contributed by atoms with van der Waals surface area (Å²) in [7, 11) is 0. The fraction of sp³-hybridized carbons (Fsp3) is 0.571. The number of thioether (sulfide) groups is 1. The molecule has 1 heterocycles. The van der Waals surface area contributed by atoms with Gasteiger partial charge in [0, 0.05) is 0 Å². The number of alkyl carbamates (subject to hydrolysis) is 1. The third-order valence-corrected chi connectivity index (χ3v) is 3.21. The lowest BCUT2D eigenvalue weighted by Crippen LogP contribution is -2.29. The first-order valence-corrected chi connectivity index (χ1v) is 8.77. The van der Waals surface area contributed by atoms with Crippen molar-refractivity contribution in [2.24, 2.45) is 4.99 Å². The van der Waals surface area contributed by atoms with Crippen LogP contribution < -0.4 is 5.32 Å². The highest BCUT2D eigenvalue weighted by atomic mass is 32.2. The Labute approximate surface area is 149 Å². The number of aromatic nitrogens is 2. The summed E-state index contributed by atoms with van der Waals surface area (Å²) in [6.45, 7) is 3.76. The van der Waals surface area contributed by atoms with Gasteiger partial charge in [-0.3, -0.25) is 9.88 Å². The molecule has 1 rings (SSSR count). The summed E-state index contributed by atoms with van der Waals surface area (Å²) in [6.07, 6.45) is 2.42. The van der Waals surface area contributed by atoms with Crippen molar-refractivity contribution in [3.8, 4) is 0 Å². The van der Waals surface area contributed by atoms with Crippen molar-refractivity contribution < 1.29 is 28.9 Å². The molecule has 140 valence electrons. The minimum absolute atomic E-state index is 0.00772. The number of hydrogen-bond acceptors (Lipinski definition) is 9. The van der Waals surface area contributed by atoms with Crippen molar-refractivity contribution >= 4 is 34.8 Å². The molecule has 0 fully saturated rings. The number of amides is 1. The van der Waals surface area contributed by atoms with E-state index in [1.54, 1.807) is 20.1 Å². The summed E-state index contributed by atoms with van der Waals surface area (Å²) in [4.78, 5) is 31.9. The molecule has 1 aromatic heterocycles. The molecule has 1 aromatic rings. The summed E-state index contributed by atoms with van der Waals surface area (Å²) in [6, 6.07) is 0. The summed E-state index contributed by atoms with van der Waals surface area (Å²) >= 11 is 1.16. The summed E-state index contributed by atoms with van der Waals surface area (Å²) in [5.74, 6) is -0.476. The molecular weight excluding hydrogens is 352 g/mol. The van der Waals surface area contributed by atoms with Crippen LogP contribution in [-0.4, -0.2) is 64.6 Å². The van der Waals surface area contributed by atoms with E-state index in [2.05, 4.69) is 15.3 Å². The SMILES string of the molecule is CCOC(=O)NC(=Nc1c(C(=O)OCC)ncn1COCCO)SC. The van der Waals surface area contributed by atoms with Gasteiger partial charge in [0.05, 0.1) is 32.8 Å². The Balaban J connectivity index is 3.12. The van der Waals surface area contributed by atoms with Crippen LogP contribution in [-0.2, 0) is 20.9 Å². The maximum Gasteiger partial charge on any atom is 0.413 e. The second-order valence-corrected chi connectivity index (χ2v) is 5.13. The number of imidazole rings is 1. The molecule has 0 unspecified atom stereocenters. The molecule has 0 atom stereocenters. The van der Waals surface area contributed by atoms with Crippen LogP contribution in [0.4, 0.5) is 10.6 Å². The van der Waals surface area contributed by atoms with Gasteiger partial charge in [0.25, 0.3) is 0 Å². The average Bonchev–Trinajstić information content (AvgIpc) is 2.97. The van der Waals surface area contributed by atoms with Crippen LogP contribution in [0.2, 0.25) is 0 Å². The first-order valence-electron chi connectivity index (χ1n) is 7.54. The fourth-order valence-electron chi connectivity index (χ4n) is 1.63. The molecule has 11 heteroatoms. The Morgan fingerprint density at radius 3 is 2.68 bits per heavy atom. The standard InChI is InChI=1S/C14H22N4O6S/c1-4-23-12(20)10-11(18(8-15-10)9-22-7-6-19)16-13(25-3)17-14(21)24-5-2/h8,19H,4-7,9H2,1-3H3,(H,16,17,21). The highest BCUT2D eigenvalue weighted by molar-refractivity contribution is 8.13. The van der Waals surface area contributed by atoms with Gasteiger partial charge < -0.3 is 19.3 Å². The van der Waals surface area contributed by atoms with Crippen LogP contribution in [0.15, 0.2) is 11.3 Å². The minimum Gasteiger partial charge on any atom is -0.461 e. The fourth-order valence-corrected chi connectivity index (χ4v) is 2.00. The lowest BCUT2D eigenvalue weighted by Gasteiger charge is -2.09. The lowest BCUT2D eigenvalue weighted by atomic mass is 10.4. The van der Waals surface area contributed by atoms with E-state index in [4.69, 9.17) is 19.3 Å². The normalized spacial score (nSPS) is 11.3. The number of ether oxygens (including phenoxy) is 3. The van der Waals surface area contributed by atoms with Gasteiger partial charge in [-0.25, -0.2) is 19.6 Å². The number of rotatable bonds is 8. The molecular formula is C14H22N4O6S. The summed E-state index contributed by atoms with van der Waals surface area (Å²) < 4.78 is 16.5. The van der Waals surface area contributed by atoms with Gasteiger partial charge in [-0.15, -0.1) is 0 Å². The number of aliphatic imine (C=N–C) groups is 1. The Morgan fingerprint density at radius 2 is 2.08 bits per heavy atom. The largest absolute Gasteiger partial charge is 0.461 e. The Kier molecular flexibility index (Phi) is 9.58.